The third kappa shape index (κ3) is 6.41. The predicted octanol–water partition coefficient (Wildman–Crippen LogP) is 3.87. The van der Waals surface area contributed by atoms with Gasteiger partial charge in [-0.3, -0.25) is 24.6 Å². The Morgan fingerprint density at radius 2 is 1.71 bits per heavy atom. The molecule has 1 saturated carbocycles. The van der Waals surface area contributed by atoms with Crippen LogP contribution in [-0.4, -0.2) is 76.8 Å². The van der Waals surface area contributed by atoms with Crippen molar-refractivity contribution < 1.29 is 14.4 Å². The van der Waals surface area contributed by atoms with Crippen LogP contribution >= 0.6 is 0 Å². The molecule has 2 aliphatic rings. The number of nitrogens with zero attached hydrogens (tertiary/aromatic N) is 6. The molecule has 214 valence electrons. The number of aromatic nitrogens is 2. The average Bonchev–Trinajstić information content (AvgIpc) is 3.35. The molecule has 1 N–H and O–H groups in total. The zero-order valence-corrected chi connectivity index (χ0v) is 23.8. The van der Waals surface area contributed by atoms with Gasteiger partial charge in [0.1, 0.15) is 0 Å². The van der Waals surface area contributed by atoms with E-state index in [2.05, 4.69) is 16.3 Å². The first-order chi connectivity index (χ1) is 19.8. The quantitative estimate of drug-likeness (QED) is 0.474. The Morgan fingerprint density at radius 3 is 2.37 bits per heavy atom. The van der Waals surface area contributed by atoms with Crippen LogP contribution in [0.5, 0.6) is 0 Å². The molecule has 2 fully saturated rings. The molecule has 0 radical (unpaired) electrons. The van der Waals surface area contributed by atoms with Crippen molar-refractivity contribution in [1.29, 1.82) is 5.26 Å². The molecular formula is C31H37N7O3. The van der Waals surface area contributed by atoms with Gasteiger partial charge in [0.05, 0.1) is 22.7 Å². The fraction of sp³-hybridized carbons (Fsp3) is 0.452. The van der Waals surface area contributed by atoms with E-state index in [0.29, 0.717) is 42.2 Å². The van der Waals surface area contributed by atoms with Gasteiger partial charge in [0.15, 0.2) is 0 Å². The van der Waals surface area contributed by atoms with Crippen LogP contribution in [0.1, 0.15) is 54.9 Å². The first-order valence-corrected chi connectivity index (χ1v) is 14.4. The number of carbonyl (C=O) groups excluding carboxylic acids is 3. The van der Waals surface area contributed by atoms with E-state index in [1.807, 2.05) is 34.7 Å². The molecule has 0 bridgehead atoms. The van der Waals surface area contributed by atoms with Gasteiger partial charge in [0.25, 0.3) is 5.91 Å². The molecule has 5 rings (SSSR count). The molecule has 1 aliphatic carbocycles. The van der Waals surface area contributed by atoms with Gasteiger partial charge in [-0.05, 0) is 55.3 Å². The Labute approximate surface area is 240 Å². The van der Waals surface area contributed by atoms with Crippen LogP contribution in [0.15, 0.2) is 42.5 Å². The molecule has 0 atom stereocenters. The minimum Gasteiger partial charge on any atom is -0.340 e. The second-order valence-corrected chi connectivity index (χ2v) is 11.0. The number of anilines is 2. The Balaban J connectivity index is 1.39. The van der Waals surface area contributed by atoms with E-state index in [1.54, 1.807) is 36.1 Å². The molecule has 41 heavy (non-hydrogen) atoms. The summed E-state index contributed by atoms with van der Waals surface area (Å²) in [6.45, 7) is 5.91. The van der Waals surface area contributed by atoms with Gasteiger partial charge in [-0.2, -0.15) is 5.26 Å². The standard InChI is InChI=1S/C31H37N7O3/c1-22(39)37-17-14-36(15-18-37)16-19-38-28-13-12-26(35(2)30(41)25-6-4-3-5-7-25)20-27(28)33-31(38)34-29(40)24-10-8-23(21-32)9-11-24/h8-13,20,25H,3-7,14-19H2,1-2H3,(H,33,34,40). The van der Waals surface area contributed by atoms with Gasteiger partial charge in [-0.1, -0.05) is 19.3 Å². The molecule has 1 aliphatic heterocycles. The normalized spacial score (nSPS) is 16.4. The highest BCUT2D eigenvalue weighted by Gasteiger charge is 2.26. The van der Waals surface area contributed by atoms with Gasteiger partial charge >= 0.3 is 0 Å². The zero-order chi connectivity index (χ0) is 28.9. The Morgan fingerprint density at radius 1 is 1.00 bits per heavy atom. The minimum absolute atomic E-state index is 0.0627. The van der Waals surface area contributed by atoms with Crippen molar-refractivity contribution in [2.45, 2.75) is 45.6 Å². The van der Waals surface area contributed by atoms with Crippen molar-refractivity contribution in [3.05, 3.63) is 53.6 Å². The monoisotopic (exact) mass is 555 g/mol. The lowest BCUT2D eigenvalue weighted by molar-refractivity contribution is -0.130. The van der Waals surface area contributed by atoms with Crippen molar-refractivity contribution in [1.82, 2.24) is 19.4 Å². The van der Waals surface area contributed by atoms with E-state index in [-0.39, 0.29) is 23.6 Å². The van der Waals surface area contributed by atoms with Gasteiger partial charge in [-0.15, -0.1) is 0 Å². The number of benzene rings is 2. The number of imidazole rings is 1. The third-order valence-corrected chi connectivity index (χ3v) is 8.36. The summed E-state index contributed by atoms with van der Waals surface area (Å²) in [5, 5.41) is 12.1. The van der Waals surface area contributed by atoms with E-state index in [9.17, 15) is 14.4 Å². The molecule has 1 aromatic heterocycles. The zero-order valence-electron chi connectivity index (χ0n) is 23.8. The van der Waals surface area contributed by atoms with Crippen molar-refractivity contribution in [3.63, 3.8) is 0 Å². The molecule has 0 unspecified atom stereocenters. The fourth-order valence-corrected chi connectivity index (χ4v) is 5.80. The maximum absolute atomic E-state index is 13.2. The number of carbonyl (C=O) groups is 3. The SMILES string of the molecule is CC(=O)N1CCN(CCn2c(NC(=O)c3ccc(C#N)cc3)nc3cc(N(C)C(=O)C4CCCCC4)ccc32)CC1. The summed E-state index contributed by atoms with van der Waals surface area (Å²) in [6.07, 6.45) is 5.26. The predicted molar refractivity (Wildman–Crippen MR) is 158 cm³/mol. The van der Waals surface area contributed by atoms with E-state index >= 15 is 0 Å². The lowest BCUT2D eigenvalue weighted by atomic mass is 9.88. The average molecular weight is 556 g/mol. The fourth-order valence-electron chi connectivity index (χ4n) is 5.80. The van der Waals surface area contributed by atoms with Crippen molar-refractivity contribution in [2.75, 3.05) is 50.0 Å². The van der Waals surface area contributed by atoms with Gasteiger partial charge in [0.2, 0.25) is 17.8 Å². The van der Waals surface area contributed by atoms with E-state index in [4.69, 9.17) is 10.2 Å². The Kier molecular flexibility index (Phi) is 8.64. The summed E-state index contributed by atoms with van der Waals surface area (Å²) in [4.78, 5) is 48.7. The van der Waals surface area contributed by atoms with Gasteiger partial charge < -0.3 is 14.4 Å². The number of hydrogen-bond donors (Lipinski definition) is 1. The summed E-state index contributed by atoms with van der Waals surface area (Å²) < 4.78 is 2.00. The van der Waals surface area contributed by atoms with Gasteiger partial charge in [-0.25, -0.2) is 4.98 Å². The van der Waals surface area contributed by atoms with Crippen LogP contribution in [-0.2, 0) is 16.1 Å². The largest absolute Gasteiger partial charge is 0.340 e. The number of piperazine rings is 1. The summed E-state index contributed by atoms with van der Waals surface area (Å²) >= 11 is 0. The molecule has 0 spiro atoms. The van der Waals surface area contributed by atoms with Crippen LogP contribution in [0.2, 0.25) is 0 Å². The maximum atomic E-state index is 13.2. The lowest BCUT2D eigenvalue weighted by Crippen LogP contribution is -2.48. The first kappa shape index (κ1) is 28.3. The topological polar surface area (TPSA) is 115 Å². The molecule has 2 heterocycles. The highest BCUT2D eigenvalue weighted by molar-refractivity contribution is 6.04. The first-order valence-electron chi connectivity index (χ1n) is 14.4. The molecule has 2 aromatic carbocycles. The molecule has 3 amide bonds. The number of amides is 3. The van der Waals surface area contributed by atoms with Crippen LogP contribution in [0, 0.1) is 17.2 Å². The number of nitrogens with one attached hydrogen (secondary N) is 1. The second-order valence-electron chi connectivity index (χ2n) is 11.0. The lowest BCUT2D eigenvalue weighted by Gasteiger charge is -2.34. The highest BCUT2D eigenvalue weighted by Crippen LogP contribution is 2.29. The Bertz CT molecular complexity index is 1460. The highest BCUT2D eigenvalue weighted by atomic mass is 16.2. The number of nitriles is 1. The van der Waals surface area contributed by atoms with Crippen LogP contribution in [0.25, 0.3) is 11.0 Å². The summed E-state index contributed by atoms with van der Waals surface area (Å²) in [7, 11) is 1.82. The van der Waals surface area contributed by atoms with Crippen LogP contribution in [0.4, 0.5) is 11.6 Å². The smallest absolute Gasteiger partial charge is 0.257 e. The molecule has 1 saturated heterocycles. The summed E-state index contributed by atoms with van der Waals surface area (Å²) in [5.74, 6) is 0.414. The van der Waals surface area contributed by atoms with Crippen LogP contribution in [0.3, 0.4) is 0 Å². The Hall–Kier alpha value is -4.23. The summed E-state index contributed by atoms with van der Waals surface area (Å²) in [6, 6.07) is 14.4. The van der Waals surface area contributed by atoms with Crippen molar-refractivity contribution in [2.24, 2.45) is 5.92 Å². The number of fused-ring (bicyclic) bond motifs is 1. The molecule has 10 nitrogen and oxygen atoms in total. The van der Waals surface area contributed by atoms with Crippen molar-refractivity contribution >= 4 is 40.4 Å². The molecule has 3 aromatic rings. The molecule has 10 heteroatoms. The summed E-state index contributed by atoms with van der Waals surface area (Å²) in [5.41, 5.74) is 3.26. The van der Waals surface area contributed by atoms with Crippen LogP contribution < -0.4 is 10.2 Å². The van der Waals surface area contributed by atoms with E-state index < -0.39 is 0 Å². The minimum atomic E-state index is -0.314. The molecular weight excluding hydrogens is 518 g/mol. The van der Waals surface area contributed by atoms with Crippen molar-refractivity contribution in [3.8, 4) is 6.07 Å². The maximum Gasteiger partial charge on any atom is 0.257 e. The van der Waals surface area contributed by atoms with Gasteiger partial charge in [0, 0.05) is 70.4 Å². The number of hydrogen-bond acceptors (Lipinski definition) is 6. The van der Waals surface area contributed by atoms with E-state index in [1.165, 1.54) is 6.42 Å². The second kappa shape index (κ2) is 12.5. The number of rotatable bonds is 7. The third-order valence-electron chi connectivity index (χ3n) is 8.36. The van der Waals surface area contributed by atoms with E-state index in [0.717, 1.165) is 56.5 Å².